The highest BCUT2D eigenvalue weighted by atomic mass is 15.2. The number of hydrogen-bond acceptors (Lipinski definition) is 4. The second kappa shape index (κ2) is 5.38. The molecule has 5 nitrogen and oxygen atoms in total. The van der Waals surface area contributed by atoms with Crippen molar-refractivity contribution in [1.29, 1.82) is 0 Å². The molecule has 0 fully saturated rings. The minimum absolute atomic E-state index is 0.768. The van der Waals surface area contributed by atoms with Crippen molar-refractivity contribution in [2.45, 2.75) is 41.0 Å². The predicted octanol–water partition coefficient (Wildman–Crippen LogP) is 2.72. The Morgan fingerprint density at radius 2 is 1.89 bits per heavy atom. The monoisotopic (exact) mass is 259 g/mol. The zero-order chi connectivity index (χ0) is 14.0. The van der Waals surface area contributed by atoms with Crippen LogP contribution in [0.3, 0.4) is 0 Å². The smallest absolute Gasteiger partial charge is 0.146 e. The van der Waals surface area contributed by atoms with Gasteiger partial charge in [-0.05, 0) is 34.1 Å². The van der Waals surface area contributed by atoms with Gasteiger partial charge in [-0.2, -0.15) is 0 Å². The molecule has 0 aromatic carbocycles. The number of aryl methyl sites for hydroxylation is 2. The number of nitrogens with one attached hydrogen (secondary N) is 1. The maximum absolute atomic E-state index is 4.56. The molecule has 0 spiro atoms. The van der Waals surface area contributed by atoms with Gasteiger partial charge in [0.15, 0.2) is 0 Å². The van der Waals surface area contributed by atoms with E-state index in [0.29, 0.717) is 0 Å². The van der Waals surface area contributed by atoms with Crippen LogP contribution in [0.15, 0.2) is 6.33 Å². The van der Waals surface area contributed by atoms with Gasteiger partial charge in [0.25, 0.3) is 0 Å². The van der Waals surface area contributed by atoms with E-state index in [-0.39, 0.29) is 0 Å². The van der Waals surface area contributed by atoms with E-state index >= 15 is 0 Å². The lowest BCUT2D eigenvalue weighted by atomic mass is 10.2. The molecule has 0 radical (unpaired) electrons. The maximum atomic E-state index is 4.56. The Labute approximate surface area is 114 Å². The molecule has 0 aliphatic heterocycles. The molecule has 0 aliphatic rings. The van der Waals surface area contributed by atoms with Crippen molar-refractivity contribution >= 4 is 5.82 Å². The van der Waals surface area contributed by atoms with Gasteiger partial charge in [0.1, 0.15) is 23.8 Å². The van der Waals surface area contributed by atoms with Crippen LogP contribution in [0.1, 0.15) is 36.1 Å². The van der Waals surface area contributed by atoms with E-state index in [1.807, 2.05) is 31.7 Å². The van der Waals surface area contributed by atoms with Gasteiger partial charge >= 0.3 is 0 Å². The number of aromatic nitrogens is 4. The molecule has 2 aromatic heterocycles. The SMILES string of the molecule is CCCNc1nc(C)nc(-n2cnc(C)c2C)c1C. The fraction of sp³-hybridized carbons (Fsp3) is 0.500. The second-order valence-corrected chi connectivity index (χ2v) is 4.78. The summed E-state index contributed by atoms with van der Waals surface area (Å²) in [5.41, 5.74) is 3.20. The number of anilines is 1. The van der Waals surface area contributed by atoms with Crippen LogP contribution in [0, 0.1) is 27.7 Å². The molecule has 1 N–H and O–H groups in total. The fourth-order valence-electron chi connectivity index (χ4n) is 1.98. The lowest BCUT2D eigenvalue weighted by Gasteiger charge is -2.14. The Morgan fingerprint density at radius 3 is 2.47 bits per heavy atom. The second-order valence-electron chi connectivity index (χ2n) is 4.78. The summed E-state index contributed by atoms with van der Waals surface area (Å²) in [5.74, 6) is 2.59. The van der Waals surface area contributed by atoms with Gasteiger partial charge in [-0.15, -0.1) is 0 Å². The molecule has 5 heteroatoms. The minimum atomic E-state index is 0.768. The molecule has 102 valence electrons. The number of imidazole rings is 1. The first-order chi connectivity index (χ1) is 9.04. The van der Waals surface area contributed by atoms with E-state index in [4.69, 9.17) is 0 Å². The summed E-state index contributed by atoms with van der Waals surface area (Å²) in [6.45, 7) is 11.1. The topological polar surface area (TPSA) is 55.6 Å². The van der Waals surface area contributed by atoms with Crippen LogP contribution in [0.5, 0.6) is 0 Å². The van der Waals surface area contributed by atoms with Gasteiger partial charge in [-0.25, -0.2) is 15.0 Å². The standard InChI is InChI=1S/C14H21N5/c1-6-7-15-13-9(2)14(18-12(5)17-13)19-8-16-10(3)11(19)4/h8H,6-7H2,1-5H3,(H,15,17,18). The summed E-state index contributed by atoms with van der Waals surface area (Å²) in [4.78, 5) is 13.4. The Balaban J connectivity index is 2.51. The fourth-order valence-corrected chi connectivity index (χ4v) is 1.98. The average Bonchev–Trinajstić information content (AvgIpc) is 2.71. The van der Waals surface area contributed by atoms with Gasteiger partial charge in [-0.3, -0.25) is 4.57 Å². The van der Waals surface area contributed by atoms with Crippen molar-refractivity contribution in [3.63, 3.8) is 0 Å². The first kappa shape index (κ1) is 13.5. The van der Waals surface area contributed by atoms with Gasteiger partial charge in [0.2, 0.25) is 0 Å². The molecular weight excluding hydrogens is 238 g/mol. The summed E-state index contributed by atoms with van der Waals surface area (Å²) < 4.78 is 2.02. The van der Waals surface area contributed by atoms with Crippen molar-refractivity contribution in [2.75, 3.05) is 11.9 Å². The normalized spacial score (nSPS) is 10.8. The Hall–Kier alpha value is -1.91. The highest BCUT2D eigenvalue weighted by molar-refractivity contribution is 5.52. The number of hydrogen-bond donors (Lipinski definition) is 1. The molecule has 2 rings (SSSR count). The van der Waals surface area contributed by atoms with Crippen molar-refractivity contribution < 1.29 is 0 Å². The highest BCUT2D eigenvalue weighted by Gasteiger charge is 2.13. The average molecular weight is 259 g/mol. The van der Waals surface area contributed by atoms with E-state index in [0.717, 1.165) is 47.4 Å². The molecule has 0 saturated carbocycles. The van der Waals surface area contributed by atoms with Crippen molar-refractivity contribution in [2.24, 2.45) is 0 Å². The van der Waals surface area contributed by atoms with Gasteiger partial charge in [0.05, 0.1) is 5.69 Å². The summed E-state index contributed by atoms with van der Waals surface area (Å²) in [7, 11) is 0. The molecule has 2 heterocycles. The summed E-state index contributed by atoms with van der Waals surface area (Å²) in [6.07, 6.45) is 2.89. The first-order valence-corrected chi connectivity index (χ1v) is 6.64. The quantitative estimate of drug-likeness (QED) is 0.917. The first-order valence-electron chi connectivity index (χ1n) is 6.64. The lowest BCUT2D eigenvalue weighted by molar-refractivity contribution is 0.884. The van der Waals surface area contributed by atoms with Crippen molar-refractivity contribution in [3.8, 4) is 5.82 Å². The maximum Gasteiger partial charge on any atom is 0.146 e. The van der Waals surface area contributed by atoms with E-state index in [1.54, 1.807) is 0 Å². The number of rotatable bonds is 4. The lowest BCUT2D eigenvalue weighted by Crippen LogP contribution is -2.11. The van der Waals surface area contributed by atoms with Crippen LogP contribution in [0.25, 0.3) is 5.82 Å². The van der Waals surface area contributed by atoms with E-state index in [9.17, 15) is 0 Å². The summed E-state index contributed by atoms with van der Waals surface area (Å²) in [5, 5.41) is 3.36. The van der Waals surface area contributed by atoms with Crippen LogP contribution >= 0.6 is 0 Å². The summed E-state index contributed by atoms with van der Waals surface area (Å²) >= 11 is 0. The van der Waals surface area contributed by atoms with Gasteiger partial charge < -0.3 is 5.32 Å². The largest absolute Gasteiger partial charge is 0.370 e. The molecule has 19 heavy (non-hydrogen) atoms. The van der Waals surface area contributed by atoms with E-state index in [1.165, 1.54) is 0 Å². The predicted molar refractivity (Wildman–Crippen MR) is 76.9 cm³/mol. The zero-order valence-corrected chi connectivity index (χ0v) is 12.3. The molecule has 0 unspecified atom stereocenters. The molecular formula is C14H21N5. The van der Waals surface area contributed by atoms with Gasteiger partial charge in [-0.1, -0.05) is 6.92 Å². The third-order valence-electron chi connectivity index (χ3n) is 3.25. The van der Waals surface area contributed by atoms with Crippen LogP contribution in [0.4, 0.5) is 5.82 Å². The molecule has 0 aliphatic carbocycles. The number of nitrogens with zero attached hydrogens (tertiary/aromatic N) is 4. The van der Waals surface area contributed by atoms with Gasteiger partial charge in [0, 0.05) is 17.8 Å². The van der Waals surface area contributed by atoms with Crippen LogP contribution in [-0.4, -0.2) is 26.1 Å². The van der Waals surface area contributed by atoms with E-state index in [2.05, 4.69) is 34.1 Å². The van der Waals surface area contributed by atoms with Crippen molar-refractivity contribution in [1.82, 2.24) is 19.5 Å². The Kier molecular flexibility index (Phi) is 3.83. The third-order valence-corrected chi connectivity index (χ3v) is 3.25. The minimum Gasteiger partial charge on any atom is -0.370 e. The molecule has 2 aromatic rings. The molecule has 0 saturated heterocycles. The molecule has 0 bridgehead atoms. The third kappa shape index (κ3) is 2.59. The Morgan fingerprint density at radius 1 is 1.16 bits per heavy atom. The van der Waals surface area contributed by atoms with Crippen molar-refractivity contribution in [3.05, 3.63) is 29.1 Å². The molecule has 0 atom stereocenters. The van der Waals surface area contributed by atoms with E-state index < -0.39 is 0 Å². The van der Waals surface area contributed by atoms with Crippen LogP contribution < -0.4 is 5.32 Å². The summed E-state index contributed by atoms with van der Waals surface area (Å²) in [6, 6.07) is 0. The van der Waals surface area contributed by atoms with Crippen LogP contribution in [-0.2, 0) is 0 Å². The highest BCUT2D eigenvalue weighted by Crippen LogP contribution is 2.21. The zero-order valence-electron chi connectivity index (χ0n) is 12.3. The molecule has 0 amide bonds. The van der Waals surface area contributed by atoms with Crippen LogP contribution in [0.2, 0.25) is 0 Å². The Bertz CT molecular complexity index is 586.